The molecule has 0 aliphatic carbocycles. The molecule has 0 heterocycles. The second-order valence-electron chi connectivity index (χ2n) is 8.84. The molecule has 0 bridgehead atoms. The average molecular weight is 623 g/mol. The topological polar surface area (TPSA) is 97.3 Å². The summed E-state index contributed by atoms with van der Waals surface area (Å²) in [5.74, 6) is 0.628. The van der Waals surface area contributed by atoms with E-state index in [0.29, 0.717) is 39.4 Å². The van der Waals surface area contributed by atoms with Crippen LogP contribution in [0.15, 0.2) is 105 Å². The summed E-state index contributed by atoms with van der Waals surface area (Å²) in [6.45, 7) is 2.41. The van der Waals surface area contributed by atoms with Gasteiger partial charge in [0.2, 0.25) is 0 Å². The highest BCUT2D eigenvalue weighted by Gasteiger charge is 2.21. The fourth-order valence-electron chi connectivity index (χ4n) is 3.74. The van der Waals surface area contributed by atoms with Gasteiger partial charge in [-0.3, -0.25) is 9.10 Å². The molecule has 40 heavy (non-hydrogen) atoms. The average Bonchev–Trinajstić information content (AvgIpc) is 2.97. The molecule has 0 aliphatic rings. The fraction of sp³-hybridized carbons (Fsp3) is 0.133. The zero-order valence-electron chi connectivity index (χ0n) is 22.2. The Hall–Kier alpha value is -4.15. The van der Waals surface area contributed by atoms with E-state index in [2.05, 4.69) is 26.5 Å². The van der Waals surface area contributed by atoms with E-state index in [4.69, 9.17) is 9.47 Å². The molecule has 0 unspecified atom stereocenters. The largest absolute Gasteiger partial charge is 0.493 e. The van der Waals surface area contributed by atoms with Crippen LogP contribution in [0.1, 0.15) is 27.0 Å². The maximum atomic E-state index is 12.8. The van der Waals surface area contributed by atoms with E-state index in [1.165, 1.54) is 47.4 Å². The first-order valence-corrected chi connectivity index (χ1v) is 14.5. The first kappa shape index (κ1) is 28.8. The minimum atomic E-state index is -3.72. The van der Waals surface area contributed by atoms with Gasteiger partial charge in [-0.1, -0.05) is 48.0 Å². The Morgan fingerprint density at radius 1 is 1.00 bits per heavy atom. The molecule has 0 saturated heterocycles. The molecule has 0 fully saturated rings. The lowest BCUT2D eigenvalue weighted by atomic mass is 10.2. The summed E-state index contributed by atoms with van der Waals surface area (Å²) in [6.07, 6.45) is 1.49. The van der Waals surface area contributed by atoms with Gasteiger partial charge in [-0.15, -0.1) is 0 Å². The second-order valence-corrected chi connectivity index (χ2v) is 11.7. The Labute approximate surface area is 242 Å². The molecule has 0 aromatic heterocycles. The van der Waals surface area contributed by atoms with Gasteiger partial charge in [-0.2, -0.15) is 5.10 Å². The summed E-state index contributed by atoms with van der Waals surface area (Å²) in [6, 6.07) is 26.0. The Balaban J connectivity index is 1.39. The number of carbonyl (C=O) groups is 1. The van der Waals surface area contributed by atoms with E-state index in [-0.39, 0.29) is 4.90 Å². The molecule has 10 heteroatoms. The number of carbonyl (C=O) groups excluding carboxylic acids is 1. The van der Waals surface area contributed by atoms with E-state index in [1.807, 2.05) is 31.2 Å². The molecule has 0 aliphatic heterocycles. The van der Waals surface area contributed by atoms with Crippen molar-refractivity contribution in [1.82, 2.24) is 5.43 Å². The molecule has 206 valence electrons. The molecule has 1 amide bonds. The highest BCUT2D eigenvalue weighted by atomic mass is 79.9. The van der Waals surface area contributed by atoms with Gasteiger partial charge in [0.1, 0.15) is 6.61 Å². The van der Waals surface area contributed by atoms with E-state index in [1.54, 1.807) is 49.6 Å². The maximum Gasteiger partial charge on any atom is 0.271 e. The van der Waals surface area contributed by atoms with Gasteiger partial charge in [0.15, 0.2) is 11.5 Å². The third kappa shape index (κ3) is 6.88. The van der Waals surface area contributed by atoms with Crippen LogP contribution in [0, 0.1) is 6.92 Å². The van der Waals surface area contributed by atoms with Crippen LogP contribution >= 0.6 is 15.9 Å². The SMILES string of the molecule is COc1cc(/C=N\NC(=O)c2ccc(N(C)S(=O)(=O)c3ccccc3)cc2)cc(Br)c1OCc1ccc(C)cc1. The number of aryl methyl sites for hydroxylation is 1. The van der Waals surface area contributed by atoms with Crippen molar-refractivity contribution in [1.29, 1.82) is 0 Å². The number of nitrogens with one attached hydrogen (secondary N) is 1. The van der Waals surface area contributed by atoms with E-state index in [0.717, 1.165) is 5.56 Å². The fourth-order valence-corrected chi connectivity index (χ4v) is 5.53. The van der Waals surface area contributed by atoms with Crippen molar-refractivity contribution in [3.63, 3.8) is 0 Å². The minimum Gasteiger partial charge on any atom is -0.493 e. The Morgan fingerprint density at radius 2 is 1.68 bits per heavy atom. The van der Waals surface area contributed by atoms with Gasteiger partial charge < -0.3 is 9.47 Å². The van der Waals surface area contributed by atoms with Crippen molar-refractivity contribution in [2.24, 2.45) is 5.10 Å². The Bertz CT molecular complexity index is 1610. The van der Waals surface area contributed by atoms with Gasteiger partial charge in [-0.05, 0) is 82.5 Å². The standard InChI is InChI=1S/C30H28BrN3O5S/c1-21-9-11-22(12-10-21)20-39-29-27(31)17-23(18-28(29)38-3)19-32-33-30(35)24-13-15-25(16-14-24)34(2)40(36,37)26-7-5-4-6-8-26/h4-19H,20H2,1-3H3,(H,33,35)/b32-19-. The first-order valence-electron chi connectivity index (χ1n) is 12.2. The van der Waals surface area contributed by atoms with Crippen molar-refractivity contribution in [3.8, 4) is 11.5 Å². The predicted octanol–water partition coefficient (Wildman–Crippen LogP) is 5.93. The van der Waals surface area contributed by atoms with Crippen LogP contribution in [0.5, 0.6) is 11.5 Å². The third-order valence-electron chi connectivity index (χ3n) is 6.03. The summed E-state index contributed by atoms with van der Waals surface area (Å²) in [5.41, 5.74) is 6.12. The van der Waals surface area contributed by atoms with Crippen molar-refractivity contribution in [2.45, 2.75) is 18.4 Å². The lowest BCUT2D eigenvalue weighted by molar-refractivity contribution is 0.0955. The number of benzene rings is 4. The third-order valence-corrected chi connectivity index (χ3v) is 8.42. The molecule has 0 spiro atoms. The number of hydrogen-bond donors (Lipinski definition) is 1. The lowest BCUT2D eigenvalue weighted by Gasteiger charge is -2.19. The number of methoxy groups -OCH3 is 1. The minimum absolute atomic E-state index is 0.183. The molecule has 0 atom stereocenters. The van der Waals surface area contributed by atoms with Crippen LogP contribution in [0.2, 0.25) is 0 Å². The number of halogens is 1. The highest BCUT2D eigenvalue weighted by molar-refractivity contribution is 9.10. The highest BCUT2D eigenvalue weighted by Crippen LogP contribution is 2.37. The van der Waals surface area contributed by atoms with Gasteiger partial charge in [0.05, 0.1) is 28.4 Å². The molecular formula is C30H28BrN3O5S. The monoisotopic (exact) mass is 621 g/mol. The van der Waals surface area contributed by atoms with Gasteiger partial charge in [0, 0.05) is 12.6 Å². The number of rotatable bonds is 10. The van der Waals surface area contributed by atoms with Gasteiger partial charge in [0.25, 0.3) is 15.9 Å². The summed E-state index contributed by atoms with van der Waals surface area (Å²) >= 11 is 3.53. The zero-order chi connectivity index (χ0) is 28.7. The normalized spacial score (nSPS) is 11.3. The summed E-state index contributed by atoms with van der Waals surface area (Å²) in [5, 5.41) is 4.05. The number of sulfonamides is 1. The van der Waals surface area contributed by atoms with E-state index in [9.17, 15) is 13.2 Å². The summed E-state index contributed by atoms with van der Waals surface area (Å²) < 4.78 is 39.0. The van der Waals surface area contributed by atoms with Crippen LogP contribution in [0.4, 0.5) is 5.69 Å². The van der Waals surface area contributed by atoms with Crippen LogP contribution in [-0.2, 0) is 16.6 Å². The molecular weight excluding hydrogens is 594 g/mol. The van der Waals surface area contributed by atoms with Crippen molar-refractivity contribution < 1.29 is 22.7 Å². The molecule has 0 saturated carbocycles. The number of hydrazone groups is 1. The van der Waals surface area contributed by atoms with E-state index < -0.39 is 15.9 Å². The van der Waals surface area contributed by atoms with Crippen LogP contribution in [-0.4, -0.2) is 34.7 Å². The smallest absolute Gasteiger partial charge is 0.271 e. The number of ether oxygens (including phenoxy) is 2. The van der Waals surface area contributed by atoms with Crippen LogP contribution in [0.25, 0.3) is 0 Å². The van der Waals surface area contributed by atoms with Crippen molar-refractivity contribution in [3.05, 3.63) is 118 Å². The second kappa shape index (κ2) is 12.8. The summed E-state index contributed by atoms with van der Waals surface area (Å²) in [7, 11) is -0.700. The molecule has 8 nitrogen and oxygen atoms in total. The van der Waals surface area contributed by atoms with Gasteiger partial charge >= 0.3 is 0 Å². The van der Waals surface area contributed by atoms with E-state index >= 15 is 0 Å². The molecule has 4 rings (SSSR count). The van der Waals surface area contributed by atoms with Crippen LogP contribution in [0.3, 0.4) is 0 Å². The number of nitrogens with zero attached hydrogens (tertiary/aromatic N) is 2. The molecule has 0 radical (unpaired) electrons. The zero-order valence-corrected chi connectivity index (χ0v) is 24.6. The summed E-state index contributed by atoms with van der Waals surface area (Å²) in [4.78, 5) is 12.8. The lowest BCUT2D eigenvalue weighted by Crippen LogP contribution is -2.26. The van der Waals surface area contributed by atoms with Crippen molar-refractivity contribution >= 4 is 43.8 Å². The number of hydrogen-bond acceptors (Lipinski definition) is 6. The molecule has 1 N–H and O–H groups in total. The van der Waals surface area contributed by atoms with Crippen molar-refractivity contribution in [2.75, 3.05) is 18.5 Å². The van der Waals surface area contributed by atoms with Crippen LogP contribution < -0.4 is 19.2 Å². The molecule has 4 aromatic rings. The first-order chi connectivity index (χ1) is 19.2. The maximum absolute atomic E-state index is 12.8. The number of anilines is 1. The Morgan fingerprint density at radius 3 is 2.33 bits per heavy atom. The Kier molecular flexibility index (Phi) is 9.23. The predicted molar refractivity (Wildman–Crippen MR) is 160 cm³/mol. The van der Waals surface area contributed by atoms with Gasteiger partial charge in [-0.25, -0.2) is 13.8 Å². The number of amides is 1. The molecule has 4 aromatic carbocycles. The quantitative estimate of drug-likeness (QED) is 0.175.